The Bertz CT molecular complexity index is 802. The number of hydrogen-bond acceptors (Lipinski definition) is 5. The predicted octanol–water partition coefficient (Wildman–Crippen LogP) is 6.47. The number of carbonyl (C=O) groups is 2. The molecule has 0 amide bonds. The van der Waals surface area contributed by atoms with Crippen molar-refractivity contribution in [2.75, 3.05) is 13.2 Å². The SMILES string of the molecule is CCCCCCCCOC(=O)c1ccccc1O.CCCCOc1ccccc1C(=O)O. The van der Waals surface area contributed by atoms with Crippen molar-refractivity contribution in [2.24, 2.45) is 0 Å². The number of phenolic OH excluding ortho intramolecular Hbond substituents is 1. The predicted molar refractivity (Wildman–Crippen MR) is 126 cm³/mol. The van der Waals surface area contributed by atoms with Gasteiger partial charge in [0.15, 0.2) is 0 Å². The van der Waals surface area contributed by atoms with Crippen LogP contribution < -0.4 is 4.74 Å². The highest BCUT2D eigenvalue weighted by Gasteiger charge is 2.11. The molecule has 0 saturated heterocycles. The van der Waals surface area contributed by atoms with Crippen molar-refractivity contribution in [1.29, 1.82) is 0 Å². The number of aromatic hydroxyl groups is 1. The minimum absolute atomic E-state index is 0.0227. The number of rotatable bonds is 13. The summed E-state index contributed by atoms with van der Waals surface area (Å²) in [5.41, 5.74) is 0.465. The molecular formula is C26H36O6. The van der Waals surface area contributed by atoms with E-state index in [4.69, 9.17) is 14.6 Å². The molecule has 32 heavy (non-hydrogen) atoms. The average Bonchev–Trinajstić information content (AvgIpc) is 2.79. The van der Waals surface area contributed by atoms with E-state index in [1.807, 2.05) is 0 Å². The highest BCUT2D eigenvalue weighted by atomic mass is 16.5. The molecule has 2 aromatic carbocycles. The van der Waals surface area contributed by atoms with Crippen LogP contribution in [0.15, 0.2) is 48.5 Å². The van der Waals surface area contributed by atoms with Gasteiger partial charge in [-0.25, -0.2) is 9.59 Å². The fourth-order valence-electron chi connectivity index (χ4n) is 2.87. The first-order chi connectivity index (χ1) is 15.5. The van der Waals surface area contributed by atoms with E-state index < -0.39 is 11.9 Å². The number of aromatic carboxylic acids is 1. The number of carboxylic acid groups (broad SMARTS) is 1. The number of phenols is 1. The molecule has 2 aromatic rings. The Morgan fingerprint density at radius 3 is 2.00 bits per heavy atom. The molecule has 0 bridgehead atoms. The van der Waals surface area contributed by atoms with Crippen molar-refractivity contribution in [2.45, 2.75) is 65.2 Å². The molecule has 0 heterocycles. The Morgan fingerprint density at radius 2 is 1.34 bits per heavy atom. The Hall–Kier alpha value is -3.02. The second-order valence-corrected chi connectivity index (χ2v) is 7.42. The van der Waals surface area contributed by atoms with Gasteiger partial charge >= 0.3 is 11.9 Å². The van der Waals surface area contributed by atoms with Gasteiger partial charge in [0, 0.05) is 0 Å². The first-order valence-corrected chi connectivity index (χ1v) is 11.4. The average molecular weight is 445 g/mol. The summed E-state index contributed by atoms with van der Waals surface area (Å²) in [5.74, 6) is -0.961. The van der Waals surface area contributed by atoms with Gasteiger partial charge in [0.05, 0.1) is 13.2 Å². The summed E-state index contributed by atoms with van der Waals surface area (Å²) in [6, 6.07) is 13.1. The highest BCUT2D eigenvalue weighted by molar-refractivity contribution is 5.92. The zero-order valence-electron chi connectivity index (χ0n) is 19.2. The number of carboxylic acids is 1. The van der Waals surface area contributed by atoms with Crippen molar-refractivity contribution in [3.8, 4) is 11.5 Å². The molecule has 0 saturated carbocycles. The molecule has 0 aliphatic heterocycles. The van der Waals surface area contributed by atoms with E-state index in [9.17, 15) is 14.7 Å². The molecule has 0 aliphatic rings. The van der Waals surface area contributed by atoms with Crippen molar-refractivity contribution in [1.82, 2.24) is 0 Å². The normalized spacial score (nSPS) is 10.1. The molecule has 0 spiro atoms. The van der Waals surface area contributed by atoms with Gasteiger partial charge in [0.1, 0.15) is 22.6 Å². The molecule has 0 aromatic heterocycles. The van der Waals surface area contributed by atoms with Crippen molar-refractivity contribution in [3.63, 3.8) is 0 Å². The van der Waals surface area contributed by atoms with Crippen LogP contribution in [0.5, 0.6) is 11.5 Å². The summed E-state index contributed by atoms with van der Waals surface area (Å²) in [6.45, 7) is 5.25. The number of benzene rings is 2. The van der Waals surface area contributed by atoms with Crippen molar-refractivity contribution >= 4 is 11.9 Å². The van der Waals surface area contributed by atoms with Crippen LogP contribution in [0.1, 0.15) is 85.9 Å². The summed E-state index contributed by atoms with van der Waals surface area (Å²) in [4.78, 5) is 22.4. The first-order valence-electron chi connectivity index (χ1n) is 11.4. The molecule has 0 fully saturated rings. The zero-order chi connectivity index (χ0) is 23.6. The number of esters is 1. The van der Waals surface area contributed by atoms with Gasteiger partial charge in [-0.2, -0.15) is 0 Å². The first kappa shape index (κ1) is 27.0. The Balaban J connectivity index is 0.000000330. The number of carbonyl (C=O) groups excluding carboxylic acids is 1. The fourth-order valence-corrected chi connectivity index (χ4v) is 2.87. The van der Waals surface area contributed by atoms with Crippen LogP contribution in [0.4, 0.5) is 0 Å². The fraction of sp³-hybridized carbons (Fsp3) is 0.462. The largest absolute Gasteiger partial charge is 0.507 e. The van der Waals surface area contributed by atoms with Crippen LogP contribution in [0.3, 0.4) is 0 Å². The van der Waals surface area contributed by atoms with E-state index in [0.29, 0.717) is 19.0 Å². The Kier molecular flexibility index (Phi) is 14.1. The lowest BCUT2D eigenvalue weighted by atomic mass is 10.1. The lowest BCUT2D eigenvalue weighted by Gasteiger charge is -2.07. The van der Waals surface area contributed by atoms with Crippen LogP contribution >= 0.6 is 0 Å². The van der Waals surface area contributed by atoms with Crippen molar-refractivity contribution in [3.05, 3.63) is 59.7 Å². The smallest absolute Gasteiger partial charge is 0.341 e. The van der Waals surface area contributed by atoms with Crippen LogP contribution in [0, 0.1) is 0 Å². The molecule has 6 heteroatoms. The number of para-hydroxylation sites is 2. The second kappa shape index (κ2) is 16.6. The lowest BCUT2D eigenvalue weighted by molar-refractivity contribution is 0.0494. The summed E-state index contributed by atoms with van der Waals surface area (Å²) in [5, 5.41) is 18.3. The molecule has 176 valence electrons. The minimum atomic E-state index is -0.947. The summed E-state index contributed by atoms with van der Waals surface area (Å²) in [7, 11) is 0. The maximum atomic E-state index is 11.6. The molecule has 0 unspecified atom stereocenters. The summed E-state index contributed by atoms with van der Waals surface area (Å²) in [6.07, 6.45) is 8.92. The third kappa shape index (κ3) is 10.8. The van der Waals surface area contributed by atoms with Gasteiger partial charge in [0.25, 0.3) is 0 Å². The third-order valence-electron chi connectivity index (χ3n) is 4.73. The van der Waals surface area contributed by atoms with Gasteiger partial charge in [-0.15, -0.1) is 0 Å². The van der Waals surface area contributed by atoms with Gasteiger partial charge in [-0.3, -0.25) is 0 Å². The van der Waals surface area contributed by atoms with Crippen LogP contribution in [-0.2, 0) is 4.74 Å². The summed E-state index contributed by atoms with van der Waals surface area (Å²) < 4.78 is 10.5. The van der Waals surface area contributed by atoms with Gasteiger partial charge in [-0.05, 0) is 37.1 Å². The minimum Gasteiger partial charge on any atom is -0.507 e. The molecular weight excluding hydrogens is 408 g/mol. The number of ether oxygens (including phenoxy) is 2. The van der Waals surface area contributed by atoms with E-state index in [-0.39, 0.29) is 16.9 Å². The van der Waals surface area contributed by atoms with Crippen LogP contribution in [0.25, 0.3) is 0 Å². The van der Waals surface area contributed by atoms with E-state index in [0.717, 1.165) is 25.7 Å². The zero-order valence-corrected chi connectivity index (χ0v) is 19.2. The monoisotopic (exact) mass is 444 g/mol. The van der Waals surface area contributed by atoms with Gasteiger partial charge < -0.3 is 19.7 Å². The quantitative estimate of drug-likeness (QED) is 0.271. The summed E-state index contributed by atoms with van der Waals surface area (Å²) >= 11 is 0. The number of hydrogen-bond donors (Lipinski definition) is 2. The molecule has 2 rings (SSSR count). The topological polar surface area (TPSA) is 93.1 Å². The van der Waals surface area contributed by atoms with Crippen molar-refractivity contribution < 1.29 is 29.3 Å². The lowest BCUT2D eigenvalue weighted by Crippen LogP contribution is -2.06. The number of unbranched alkanes of at least 4 members (excludes halogenated alkanes) is 6. The Labute approximate surface area is 191 Å². The Morgan fingerprint density at radius 1 is 0.750 bits per heavy atom. The van der Waals surface area contributed by atoms with Gasteiger partial charge in [-0.1, -0.05) is 76.6 Å². The molecule has 0 radical (unpaired) electrons. The molecule has 2 N–H and O–H groups in total. The second-order valence-electron chi connectivity index (χ2n) is 7.42. The standard InChI is InChI=1S/C15H22O3.C11H14O3/c1-2-3-4-5-6-9-12-18-15(17)13-10-7-8-11-14(13)16;1-2-3-8-14-10-7-5-4-6-9(10)11(12)13/h7-8,10-11,16H,2-6,9,12H2,1H3;4-7H,2-3,8H2,1H3,(H,12,13). The molecule has 0 atom stereocenters. The maximum absolute atomic E-state index is 11.6. The van der Waals surface area contributed by atoms with E-state index in [1.165, 1.54) is 31.7 Å². The molecule has 0 aliphatic carbocycles. The van der Waals surface area contributed by atoms with Crippen LogP contribution in [-0.4, -0.2) is 35.4 Å². The molecule has 6 nitrogen and oxygen atoms in total. The van der Waals surface area contributed by atoms with E-state index >= 15 is 0 Å². The van der Waals surface area contributed by atoms with E-state index in [1.54, 1.807) is 42.5 Å². The third-order valence-corrected chi connectivity index (χ3v) is 4.73. The van der Waals surface area contributed by atoms with Gasteiger partial charge in [0.2, 0.25) is 0 Å². The van der Waals surface area contributed by atoms with E-state index in [2.05, 4.69) is 13.8 Å². The highest BCUT2D eigenvalue weighted by Crippen LogP contribution is 2.18. The van der Waals surface area contributed by atoms with Crippen LogP contribution in [0.2, 0.25) is 0 Å². The maximum Gasteiger partial charge on any atom is 0.341 e.